The topological polar surface area (TPSA) is 88.6 Å². The molecule has 7 heteroatoms. The van der Waals surface area contributed by atoms with E-state index < -0.39 is 0 Å². The molecule has 138 valence electrons. The second-order valence-corrected chi connectivity index (χ2v) is 5.58. The molecule has 0 aliphatic rings. The lowest BCUT2D eigenvalue weighted by Crippen LogP contribution is -2.17. The second-order valence-electron chi connectivity index (χ2n) is 5.58. The SMILES string of the molecule is CCOc1ccc(-c2cc(C(=O)N/N=C\c3ccccc3)[nH]n2)cc1OC. The molecular weight excluding hydrogens is 344 g/mol. The van der Waals surface area contributed by atoms with Crippen molar-refractivity contribution in [2.45, 2.75) is 6.92 Å². The largest absolute Gasteiger partial charge is 0.493 e. The van der Waals surface area contributed by atoms with Crippen molar-refractivity contribution < 1.29 is 14.3 Å². The van der Waals surface area contributed by atoms with Gasteiger partial charge in [-0.25, -0.2) is 5.43 Å². The Hall–Kier alpha value is -3.61. The Morgan fingerprint density at radius 2 is 2.00 bits per heavy atom. The molecule has 0 aliphatic carbocycles. The van der Waals surface area contributed by atoms with Crippen molar-refractivity contribution >= 4 is 12.1 Å². The molecular formula is C20H20N4O3. The highest BCUT2D eigenvalue weighted by Gasteiger charge is 2.12. The molecule has 27 heavy (non-hydrogen) atoms. The highest BCUT2D eigenvalue weighted by Crippen LogP contribution is 2.32. The average molecular weight is 364 g/mol. The van der Waals surface area contributed by atoms with E-state index in [0.29, 0.717) is 29.5 Å². The third-order valence-electron chi connectivity index (χ3n) is 3.76. The molecule has 2 N–H and O–H groups in total. The van der Waals surface area contributed by atoms with Gasteiger partial charge in [0.1, 0.15) is 5.69 Å². The highest BCUT2D eigenvalue weighted by molar-refractivity contribution is 5.94. The number of rotatable bonds is 7. The first-order valence-corrected chi connectivity index (χ1v) is 8.46. The van der Waals surface area contributed by atoms with Crippen LogP contribution < -0.4 is 14.9 Å². The predicted octanol–water partition coefficient (Wildman–Crippen LogP) is 3.25. The summed E-state index contributed by atoms with van der Waals surface area (Å²) in [4.78, 5) is 12.2. The van der Waals surface area contributed by atoms with Gasteiger partial charge in [0.05, 0.1) is 25.6 Å². The van der Waals surface area contributed by atoms with Crippen LogP contribution in [0.3, 0.4) is 0 Å². The van der Waals surface area contributed by atoms with Gasteiger partial charge in [0.2, 0.25) is 0 Å². The summed E-state index contributed by atoms with van der Waals surface area (Å²) in [5, 5.41) is 10.9. The summed E-state index contributed by atoms with van der Waals surface area (Å²) < 4.78 is 10.9. The zero-order valence-corrected chi connectivity index (χ0v) is 15.1. The Kier molecular flexibility index (Phi) is 5.84. The van der Waals surface area contributed by atoms with E-state index in [0.717, 1.165) is 11.1 Å². The predicted molar refractivity (Wildman–Crippen MR) is 103 cm³/mol. The minimum Gasteiger partial charge on any atom is -0.493 e. The third-order valence-corrected chi connectivity index (χ3v) is 3.76. The molecule has 7 nitrogen and oxygen atoms in total. The molecule has 0 bridgehead atoms. The summed E-state index contributed by atoms with van der Waals surface area (Å²) in [6.07, 6.45) is 1.58. The van der Waals surface area contributed by atoms with Gasteiger partial charge < -0.3 is 9.47 Å². The number of carbonyl (C=O) groups excluding carboxylic acids is 1. The Labute approximate surface area is 157 Å². The van der Waals surface area contributed by atoms with Crippen LogP contribution in [0, 0.1) is 0 Å². The molecule has 0 fully saturated rings. The summed E-state index contributed by atoms with van der Waals surface area (Å²) in [5.74, 6) is 0.891. The molecule has 0 aliphatic heterocycles. The number of hydrogen-bond acceptors (Lipinski definition) is 5. The Bertz CT molecular complexity index is 935. The first-order chi connectivity index (χ1) is 13.2. The fraction of sp³-hybridized carbons (Fsp3) is 0.150. The molecule has 0 spiro atoms. The lowest BCUT2D eigenvalue weighted by molar-refractivity contribution is 0.0950. The van der Waals surface area contributed by atoms with Gasteiger partial charge in [-0.1, -0.05) is 30.3 Å². The lowest BCUT2D eigenvalue weighted by Gasteiger charge is -2.09. The molecule has 0 atom stereocenters. The number of ether oxygens (including phenoxy) is 2. The number of aromatic nitrogens is 2. The van der Waals surface area contributed by atoms with E-state index in [9.17, 15) is 4.79 Å². The van der Waals surface area contributed by atoms with Crippen LogP contribution in [-0.2, 0) is 0 Å². The molecule has 0 unspecified atom stereocenters. The van der Waals surface area contributed by atoms with Gasteiger partial charge in [-0.2, -0.15) is 10.2 Å². The molecule has 1 heterocycles. The normalized spacial score (nSPS) is 10.7. The Morgan fingerprint density at radius 1 is 1.19 bits per heavy atom. The molecule has 1 aromatic heterocycles. The number of carbonyl (C=O) groups is 1. The number of nitrogens with one attached hydrogen (secondary N) is 2. The molecule has 2 aromatic carbocycles. The maximum absolute atomic E-state index is 12.2. The van der Waals surface area contributed by atoms with Crippen molar-refractivity contribution in [1.82, 2.24) is 15.6 Å². The van der Waals surface area contributed by atoms with E-state index >= 15 is 0 Å². The van der Waals surface area contributed by atoms with Gasteiger partial charge in [0.25, 0.3) is 5.91 Å². The highest BCUT2D eigenvalue weighted by atomic mass is 16.5. The Balaban J connectivity index is 1.70. The Morgan fingerprint density at radius 3 is 2.74 bits per heavy atom. The number of hydrogen-bond donors (Lipinski definition) is 2. The number of methoxy groups -OCH3 is 1. The fourth-order valence-corrected chi connectivity index (χ4v) is 2.45. The molecule has 0 saturated carbocycles. The summed E-state index contributed by atoms with van der Waals surface area (Å²) >= 11 is 0. The number of nitrogens with zero attached hydrogens (tertiary/aromatic N) is 2. The van der Waals surface area contributed by atoms with E-state index in [2.05, 4.69) is 20.7 Å². The number of benzene rings is 2. The molecule has 0 saturated heterocycles. The van der Waals surface area contributed by atoms with Gasteiger partial charge in [-0.05, 0) is 36.8 Å². The lowest BCUT2D eigenvalue weighted by atomic mass is 10.1. The average Bonchev–Trinajstić information content (AvgIpc) is 3.19. The minimum absolute atomic E-state index is 0.308. The van der Waals surface area contributed by atoms with Crippen LogP contribution in [0.15, 0.2) is 59.7 Å². The van der Waals surface area contributed by atoms with Gasteiger partial charge in [0, 0.05) is 5.56 Å². The zero-order valence-electron chi connectivity index (χ0n) is 15.1. The summed E-state index contributed by atoms with van der Waals surface area (Å²) in [6.45, 7) is 2.46. The maximum atomic E-state index is 12.2. The zero-order chi connectivity index (χ0) is 19.1. The van der Waals surface area contributed by atoms with Crippen molar-refractivity contribution in [2.75, 3.05) is 13.7 Å². The van der Waals surface area contributed by atoms with Crippen LogP contribution in [0.1, 0.15) is 23.0 Å². The fourth-order valence-electron chi connectivity index (χ4n) is 2.45. The van der Waals surface area contributed by atoms with Gasteiger partial charge in [-0.15, -0.1) is 0 Å². The van der Waals surface area contributed by atoms with Gasteiger partial charge in [-0.3, -0.25) is 9.89 Å². The van der Waals surface area contributed by atoms with Crippen molar-refractivity contribution in [1.29, 1.82) is 0 Å². The monoisotopic (exact) mass is 364 g/mol. The van der Waals surface area contributed by atoms with Crippen LogP contribution >= 0.6 is 0 Å². The second kappa shape index (κ2) is 8.66. The number of aromatic amines is 1. The van der Waals surface area contributed by atoms with Crippen molar-refractivity contribution in [3.8, 4) is 22.8 Å². The maximum Gasteiger partial charge on any atom is 0.289 e. The van der Waals surface area contributed by atoms with Gasteiger partial charge >= 0.3 is 0 Å². The third kappa shape index (κ3) is 4.52. The van der Waals surface area contributed by atoms with Gasteiger partial charge in [0.15, 0.2) is 11.5 Å². The number of H-pyrrole nitrogens is 1. The van der Waals surface area contributed by atoms with Crippen LogP contribution in [-0.4, -0.2) is 36.0 Å². The first-order valence-electron chi connectivity index (χ1n) is 8.46. The molecule has 3 aromatic rings. The van der Waals surface area contributed by atoms with Crippen LogP contribution in [0.5, 0.6) is 11.5 Å². The van der Waals surface area contributed by atoms with E-state index in [4.69, 9.17) is 9.47 Å². The van der Waals surface area contributed by atoms with Crippen molar-refractivity contribution in [2.24, 2.45) is 5.10 Å². The van der Waals surface area contributed by atoms with Crippen molar-refractivity contribution in [3.05, 3.63) is 65.9 Å². The first kappa shape index (κ1) is 18.2. The van der Waals surface area contributed by atoms with Crippen LogP contribution in [0.4, 0.5) is 0 Å². The smallest absolute Gasteiger partial charge is 0.289 e. The molecule has 0 radical (unpaired) electrons. The summed E-state index contributed by atoms with van der Waals surface area (Å²) in [7, 11) is 1.58. The van der Waals surface area contributed by atoms with E-state index in [1.807, 2.05) is 55.5 Å². The standard InChI is InChI=1S/C20H20N4O3/c1-3-27-18-10-9-15(11-19(18)26-2)16-12-17(23-22-16)20(25)24-21-13-14-7-5-4-6-8-14/h4-13H,3H2,1-2H3,(H,22,23)(H,24,25)/b21-13-. The quantitative estimate of drug-likeness (QED) is 0.497. The summed E-state index contributed by atoms with van der Waals surface area (Å²) in [5.41, 5.74) is 5.10. The minimum atomic E-state index is -0.376. The van der Waals surface area contributed by atoms with E-state index in [1.165, 1.54) is 0 Å². The van der Waals surface area contributed by atoms with Crippen molar-refractivity contribution in [3.63, 3.8) is 0 Å². The number of hydrazone groups is 1. The molecule has 1 amide bonds. The van der Waals surface area contributed by atoms with E-state index in [1.54, 1.807) is 19.4 Å². The van der Waals surface area contributed by atoms with Crippen LogP contribution in [0.2, 0.25) is 0 Å². The number of amides is 1. The van der Waals surface area contributed by atoms with E-state index in [-0.39, 0.29) is 5.91 Å². The molecule has 3 rings (SSSR count). The van der Waals surface area contributed by atoms with Crippen LogP contribution in [0.25, 0.3) is 11.3 Å². The summed E-state index contributed by atoms with van der Waals surface area (Å²) in [6, 6.07) is 16.6.